The minimum Gasteiger partial charge on any atom is -0.493 e. The molecule has 0 aliphatic carbocycles. The van der Waals surface area contributed by atoms with Gasteiger partial charge in [0.05, 0.1) is 12.3 Å². The Hall–Kier alpha value is -3.41. The largest absolute Gasteiger partial charge is 0.493 e. The molecule has 0 saturated heterocycles. The lowest BCUT2D eigenvalue weighted by Crippen LogP contribution is -2.16. The number of aromatic nitrogens is 2. The zero-order chi connectivity index (χ0) is 17.9. The number of hydrogen-bond donors (Lipinski definition) is 0. The highest BCUT2D eigenvalue weighted by Gasteiger charge is 2.11. The van der Waals surface area contributed by atoms with Gasteiger partial charge < -0.3 is 9.47 Å². The summed E-state index contributed by atoms with van der Waals surface area (Å²) in [5.41, 5.74) is 2.77. The molecule has 1 aliphatic rings. The summed E-state index contributed by atoms with van der Waals surface area (Å²) in [4.78, 5) is 28.2. The van der Waals surface area contributed by atoms with Gasteiger partial charge in [0.15, 0.2) is 0 Å². The molecule has 2 aromatic heterocycles. The number of nitrogens with zero attached hydrogens (tertiary/aromatic N) is 2. The second-order valence-corrected chi connectivity index (χ2v) is 5.92. The van der Waals surface area contributed by atoms with Crippen LogP contribution in [0.4, 0.5) is 0 Å². The second kappa shape index (κ2) is 6.84. The van der Waals surface area contributed by atoms with E-state index in [1.54, 1.807) is 30.5 Å². The van der Waals surface area contributed by atoms with Gasteiger partial charge in [0.25, 0.3) is 5.56 Å². The number of benzene rings is 1. The molecule has 0 spiro atoms. The maximum Gasteiger partial charge on any atom is 0.331 e. The molecule has 0 radical (unpaired) electrons. The molecule has 6 heteroatoms. The number of ether oxygens (including phenoxy) is 2. The van der Waals surface area contributed by atoms with Crippen LogP contribution in [0.1, 0.15) is 16.8 Å². The summed E-state index contributed by atoms with van der Waals surface area (Å²) in [7, 11) is 0. The molecule has 3 heterocycles. The molecule has 0 unspecified atom stereocenters. The van der Waals surface area contributed by atoms with Gasteiger partial charge in [-0.05, 0) is 41.5 Å². The van der Waals surface area contributed by atoms with Gasteiger partial charge in [0, 0.05) is 24.8 Å². The highest BCUT2D eigenvalue weighted by molar-refractivity contribution is 5.87. The number of hydrogen-bond acceptors (Lipinski definition) is 5. The van der Waals surface area contributed by atoms with Gasteiger partial charge >= 0.3 is 5.97 Å². The first-order chi connectivity index (χ1) is 12.7. The Balaban J connectivity index is 1.42. The van der Waals surface area contributed by atoms with E-state index in [4.69, 9.17) is 9.47 Å². The van der Waals surface area contributed by atoms with Gasteiger partial charge in [-0.2, -0.15) is 0 Å². The summed E-state index contributed by atoms with van der Waals surface area (Å²) in [6.45, 7) is 0.644. The Morgan fingerprint density at radius 1 is 1.27 bits per heavy atom. The van der Waals surface area contributed by atoms with Gasteiger partial charge in [-0.1, -0.05) is 12.1 Å². The van der Waals surface area contributed by atoms with E-state index in [1.807, 2.05) is 18.2 Å². The smallest absolute Gasteiger partial charge is 0.331 e. The Kier molecular flexibility index (Phi) is 4.23. The van der Waals surface area contributed by atoms with E-state index in [-0.39, 0.29) is 12.2 Å². The monoisotopic (exact) mass is 348 g/mol. The highest BCUT2D eigenvalue weighted by atomic mass is 16.5. The first-order valence-electron chi connectivity index (χ1n) is 8.27. The summed E-state index contributed by atoms with van der Waals surface area (Å²) in [5.74, 6) is 0.412. The Labute approximate surface area is 149 Å². The van der Waals surface area contributed by atoms with E-state index in [0.717, 1.165) is 23.3 Å². The molecule has 1 aromatic carbocycles. The third-order valence-corrected chi connectivity index (χ3v) is 4.11. The summed E-state index contributed by atoms with van der Waals surface area (Å²) in [6, 6.07) is 12.4. The fraction of sp³-hybridized carbons (Fsp3) is 0.150. The summed E-state index contributed by atoms with van der Waals surface area (Å²) in [5, 5.41) is 0. The predicted octanol–water partition coefficient (Wildman–Crippen LogP) is 2.39. The van der Waals surface area contributed by atoms with Crippen LogP contribution >= 0.6 is 0 Å². The van der Waals surface area contributed by atoms with E-state index in [0.29, 0.717) is 17.9 Å². The molecule has 3 aromatic rings. The SMILES string of the molecule is O=C(C=Cc1ccc2c(c1)CCO2)OCc1cc(=O)n2ccccc2n1. The normalized spacial score (nSPS) is 12.9. The van der Waals surface area contributed by atoms with Crippen molar-refractivity contribution in [2.45, 2.75) is 13.0 Å². The Morgan fingerprint density at radius 2 is 2.19 bits per heavy atom. The molecule has 0 atom stereocenters. The van der Waals surface area contributed by atoms with E-state index >= 15 is 0 Å². The number of carbonyl (C=O) groups excluding carboxylic acids is 1. The lowest BCUT2D eigenvalue weighted by Gasteiger charge is -2.04. The van der Waals surface area contributed by atoms with Crippen LogP contribution < -0.4 is 10.3 Å². The van der Waals surface area contributed by atoms with Gasteiger partial charge in [-0.25, -0.2) is 9.78 Å². The van der Waals surface area contributed by atoms with Crippen molar-refractivity contribution >= 4 is 17.7 Å². The van der Waals surface area contributed by atoms with Crippen LogP contribution in [-0.4, -0.2) is 22.0 Å². The molecule has 0 bridgehead atoms. The molecule has 0 amide bonds. The molecule has 0 fully saturated rings. The Morgan fingerprint density at radius 3 is 3.12 bits per heavy atom. The van der Waals surface area contributed by atoms with Crippen molar-refractivity contribution in [3.63, 3.8) is 0 Å². The number of fused-ring (bicyclic) bond motifs is 2. The molecular formula is C20H16N2O4. The van der Waals surface area contributed by atoms with Gasteiger partial charge in [0.2, 0.25) is 0 Å². The molecule has 4 rings (SSSR count). The zero-order valence-corrected chi connectivity index (χ0v) is 13.9. The van der Waals surface area contributed by atoms with Crippen molar-refractivity contribution in [3.8, 4) is 5.75 Å². The average molecular weight is 348 g/mol. The van der Waals surface area contributed by atoms with Gasteiger partial charge in [0.1, 0.15) is 18.0 Å². The van der Waals surface area contributed by atoms with Crippen molar-refractivity contribution in [1.82, 2.24) is 9.38 Å². The summed E-state index contributed by atoms with van der Waals surface area (Å²) in [6.07, 6.45) is 5.59. The number of pyridine rings is 1. The van der Waals surface area contributed by atoms with Crippen LogP contribution in [0.2, 0.25) is 0 Å². The predicted molar refractivity (Wildman–Crippen MR) is 95.9 cm³/mol. The van der Waals surface area contributed by atoms with E-state index in [1.165, 1.54) is 16.5 Å². The van der Waals surface area contributed by atoms with Crippen LogP contribution in [0.25, 0.3) is 11.7 Å². The summed E-state index contributed by atoms with van der Waals surface area (Å²) < 4.78 is 12.1. The quantitative estimate of drug-likeness (QED) is 0.535. The second-order valence-electron chi connectivity index (χ2n) is 5.92. The maximum absolute atomic E-state index is 12.0. The molecule has 26 heavy (non-hydrogen) atoms. The van der Waals surface area contributed by atoms with Crippen molar-refractivity contribution in [3.05, 3.63) is 81.9 Å². The topological polar surface area (TPSA) is 69.9 Å². The highest BCUT2D eigenvalue weighted by Crippen LogP contribution is 2.26. The van der Waals surface area contributed by atoms with Crippen LogP contribution in [-0.2, 0) is 22.6 Å². The lowest BCUT2D eigenvalue weighted by atomic mass is 10.1. The first kappa shape index (κ1) is 16.1. The van der Waals surface area contributed by atoms with Crippen LogP contribution in [0.3, 0.4) is 0 Å². The number of rotatable bonds is 4. The van der Waals surface area contributed by atoms with Crippen LogP contribution in [0.15, 0.2) is 59.5 Å². The molecule has 0 N–H and O–H groups in total. The van der Waals surface area contributed by atoms with Gasteiger partial charge in [-0.3, -0.25) is 9.20 Å². The minimum absolute atomic E-state index is 0.0537. The summed E-state index contributed by atoms with van der Waals surface area (Å²) >= 11 is 0. The van der Waals surface area contributed by atoms with Crippen molar-refractivity contribution in [2.24, 2.45) is 0 Å². The molecule has 6 nitrogen and oxygen atoms in total. The maximum atomic E-state index is 12.0. The average Bonchev–Trinajstić information content (AvgIpc) is 3.12. The standard InChI is InChI=1S/C20H16N2O4/c23-19-12-16(21-18-3-1-2-9-22(18)19)13-26-20(24)7-5-14-4-6-17-15(11-14)8-10-25-17/h1-7,9,11-12H,8,10,13H2. The third-order valence-electron chi connectivity index (χ3n) is 4.11. The van der Waals surface area contributed by atoms with Gasteiger partial charge in [-0.15, -0.1) is 0 Å². The van der Waals surface area contributed by atoms with Crippen LogP contribution in [0, 0.1) is 0 Å². The lowest BCUT2D eigenvalue weighted by molar-refractivity contribution is -0.139. The van der Waals surface area contributed by atoms with Crippen molar-refractivity contribution < 1.29 is 14.3 Å². The molecular weight excluding hydrogens is 332 g/mol. The minimum atomic E-state index is -0.489. The molecule has 0 saturated carbocycles. The van der Waals surface area contributed by atoms with E-state index in [2.05, 4.69) is 4.98 Å². The molecule has 1 aliphatic heterocycles. The number of carbonyl (C=O) groups is 1. The van der Waals surface area contributed by atoms with E-state index in [9.17, 15) is 9.59 Å². The third kappa shape index (κ3) is 3.35. The molecule has 130 valence electrons. The Bertz CT molecular complexity index is 1070. The van der Waals surface area contributed by atoms with Crippen LogP contribution in [0.5, 0.6) is 5.75 Å². The zero-order valence-electron chi connectivity index (χ0n) is 13.9. The first-order valence-corrected chi connectivity index (χ1v) is 8.27. The van der Waals surface area contributed by atoms with E-state index < -0.39 is 5.97 Å². The fourth-order valence-corrected chi connectivity index (χ4v) is 2.84. The fourth-order valence-electron chi connectivity index (χ4n) is 2.84. The van der Waals surface area contributed by atoms with Crippen molar-refractivity contribution in [2.75, 3.05) is 6.61 Å². The van der Waals surface area contributed by atoms with Crippen molar-refractivity contribution in [1.29, 1.82) is 0 Å². The number of esters is 1.